The predicted molar refractivity (Wildman–Crippen MR) is 104 cm³/mol. The van der Waals surface area contributed by atoms with Gasteiger partial charge >= 0.3 is 0 Å². The average Bonchev–Trinajstić information content (AvgIpc) is 2.81. The number of anilines is 1. The van der Waals surface area contributed by atoms with E-state index in [0.717, 1.165) is 42.0 Å². The number of nitrogens with one attached hydrogen (secondary N) is 1. The zero-order valence-corrected chi connectivity index (χ0v) is 16.4. The van der Waals surface area contributed by atoms with Gasteiger partial charge in [-0.05, 0) is 43.7 Å². The van der Waals surface area contributed by atoms with Crippen LogP contribution in [0.3, 0.4) is 0 Å². The smallest absolute Gasteiger partial charge is 0.228 e. The van der Waals surface area contributed by atoms with Crippen molar-refractivity contribution in [2.75, 3.05) is 5.32 Å². The average molecular weight is 341 g/mol. The molecule has 0 bridgehead atoms. The van der Waals surface area contributed by atoms with Gasteiger partial charge in [-0.1, -0.05) is 45.9 Å². The number of hydrogen-bond acceptors (Lipinski definition) is 2. The summed E-state index contributed by atoms with van der Waals surface area (Å²) in [6.07, 6.45) is 2.19. The molecule has 0 saturated heterocycles. The van der Waals surface area contributed by atoms with Crippen LogP contribution in [0.5, 0.6) is 0 Å². The zero-order valence-electron chi connectivity index (χ0n) is 16.4. The number of carbonyl (C=O) groups is 1. The van der Waals surface area contributed by atoms with E-state index >= 15 is 0 Å². The molecule has 1 N–H and O–H groups in total. The van der Waals surface area contributed by atoms with Gasteiger partial charge in [-0.25, -0.2) is 0 Å². The Hall–Kier alpha value is -2.10. The minimum absolute atomic E-state index is 0.0332. The van der Waals surface area contributed by atoms with E-state index in [1.807, 2.05) is 11.6 Å². The largest absolute Gasteiger partial charge is 0.325 e. The Morgan fingerprint density at radius 3 is 2.28 bits per heavy atom. The van der Waals surface area contributed by atoms with Crippen LogP contribution in [0, 0.1) is 19.8 Å². The number of hydrogen-bond donors (Lipinski definition) is 1. The summed E-state index contributed by atoms with van der Waals surface area (Å²) in [5.41, 5.74) is 6.47. The summed E-state index contributed by atoms with van der Waals surface area (Å²) < 4.78 is 2.03. The van der Waals surface area contributed by atoms with Crippen LogP contribution in [0.1, 0.15) is 55.8 Å². The summed E-state index contributed by atoms with van der Waals surface area (Å²) in [5.74, 6) is 0.564. The van der Waals surface area contributed by atoms with E-state index in [1.165, 1.54) is 11.1 Å². The van der Waals surface area contributed by atoms with Crippen molar-refractivity contribution in [2.45, 2.75) is 67.3 Å². The second-order valence-electron chi connectivity index (χ2n) is 7.11. The van der Waals surface area contributed by atoms with Gasteiger partial charge in [0.05, 0.1) is 12.1 Å². The molecule has 1 amide bonds. The van der Waals surface area contributed by atoms with Crippen LogP contribution in [0.15, 0.2) is 18.2 Å². The molecular weight excluding hydrogens is 310 g/mol. The molecule has 0 fully saturated rings. The summed E-state index contributed by atoms with van der Waals surface area (Å²) in [5, 5.41) is 7.77. The lowest BCUT2D eigenvalue weighted by Crippen LogP contribution is -2.18. The van der Waals surface area contributed by atoms with Crippen LogP contribution >= 0.6 is 0 Å². The molecule has 0 aliphatic carbocycles. The van der Waals surface area contributed by atoms with Crippen LogP contribution in [-0.4, -0.2) is 15.7 Å². The zero-order chi connectivity index (χ0) is 18.6. The number of aromatic nitrogens is 2. The van der Waals surface area contributed by atoms with E-state index in [2.05, 4.69) is 63.2 Å². The lowest BCUT2D eigenvalue weighted by Gasteiger charge is -2.14. The molecule has 0 atom stereocenters. The van der Waals surface area contributed by atoms with Crippen LogP contribution in [0.2, 0.25) is 0 Å². The van der Waals surface area contributed by atoms with Gasteiger partial charge in [-0.3, -0.25) is 9.48 Å². The number of benzene rings is 1. The maximum atomic E-state index is 12.7. The highest BCUT2D eigenvalue weighted by Gasteiger charge is 2.17. The first-order valence-corrected chi connectivity index (χ1v) is 9.30. The molecule has 1 aromatic heterocycles. The van der Waals surface area contributed by atoms with Crippen LogP contribution in [0.4, 0.5) is 5.69 Å². The summed E-state index contributed by atoms with van der Waals surface area (Å²) in [7, 11) is 0. The summed E-state index contributed by atoms with van der Waals surface area (Å²) >= 11 is 0. The number of para-hydroxylation sites is 1. The lowest BCUT2D eigenvalue weighted by atomic mass is 10.0. The molecule has 0 saturated carbocycles. The van der Waals surface area contributed by atoms with Gasteiger partial charge in [0.2, 0.25) is 5.91 Å². The Morgan fingerprint density at radius 1 is 1.16 bits per heavy atom. The maximum Gasteiger partial charge on any atom is 0.228 e. The Labute approximate surface area is 151 Å². The normalized spacial score (nSPS) is 11.2. The maximum absolute atomic E-state index is 12.7. The van der Waals surface area contributed by atoms with Gasteiger partial charge in [0.15, 0.2) is 0 Å². The van der Waals surface area contributed by atoms with Gasteiger partial charge in [0, 0.05) is 23.5 Å². The van der Waals surface area contributed by atoms with Crippen LogP contribution < -0.4 is 5.32 Å². The molecule has 4 nitrogen and oxygen atoms in total. The fourth-order valence-electron chi connectivity index (χ4n) is 3.26. The topological polar surface area (TPSA) is 46.9 Å². The van der Waals surface area contributed by atoms with Crippen LogP contribution in [0.25, 0.3) is 0 Å². The monoisotopic (exact) mass is 341 g/mol. The van der Waals surface area contributed by atoms with Crippen molar-refractivity contribution in [1.82, 2.24) is 9.78 Å². The highest BCUT2D eigenvalue weighted by molar-refractivity contribution is 5.94. The van der Waals surface area contributed by atoms with Gasteiger partial charge in [0.25, 0.3) is 0 Å². The number of nitrogens with zero attached hydrogens (tertiary/aromatic N) is 2. The fourth-order valence-corrected chi connectivity index (χ4v) is 3.26. The number of rotatable bonds is 7. The second kappa shape index (κ2) is 8.32. The van der Waals surface area contributed by atoms with Gasteiger partial charge in [-0.15, -0.1) is 0 Å². The predicted octanol–water partition coefficient (Wildman–Crippen LogP) is 4.46. The van der Waals surface area contributed by atoms with Crippen molar-refractivity contribution in [3.8, 4) is 0 Å². The van der Waals surface area contributed by atoms with E-state index in [-0.39, 0.29) is 5.91 Å². The molecule has 1 aromatic carbocycles. The Kier molecular flexibility index (Phi) is 6.40. The molecule has 0 unspecified atom stereocenters. The van der Waals surface area contributed by atoms with Crippen LogP contribution in [-0.2, 0) is 30.6 Å². The molecule has 2 aromatic rings. The number of carbonyl (C=O) groups excluding carboxylic acids is 1. The molecule has 0 spiro atoms. The highest BCUT2D eigenvalue weighted by Crippen LogP contribution is 2.23. The molecule has 25 heavy (non-hydrogen) atoms. The van der Waals surface area contributed by atoms with Gasteiger partial charge < -0.3 is 5.32 Å². The van der Waals surface area contributed by atoms with Gasteiger partial charge in [0.1, 0.15) is 0 Å². The van der Waals surface area contributed by atoms with E-state index in [9.17, 15) is 4.79 Å². The number of amides is 1. The van der Waals surface area contributed by atoms with Crippen molar-refractivity contribution < 1.29 is 4.79 Å². The summed E-state index contributed by atoms with van der Waals surface area (Å²) in [6.45, 7) is 13.5. The first-order valence-electron chi connectivity index (χ1n) is 9.30. The van der Waals surface area contributed by atoms with Crippen molar-refractivity contribution in [1.29, 1.82) is 0 Å². The molecule has 0 aliphatic rings. The standard InChI is InChI=1S/C21H31N3O/c1-7-17-10-9-11-18(8-2)21(17)22-20(25)12-19-15(5)23-24(16(19)6)13-14(3)4/h9-11,14H,7-8,12-13H2,1-6H3,(H,22,25). The highest BCUT2D eigenvalue weighted by atomic mass is 16.1. The molecule has 4 heteroatoms. The van der Waals surface area contributed by atoms with E-state index in [1.54, 1.807) is 0 Å². The Morgan fingerprint density at radius 2 is 1.76 bits per heavy atom. The van der Waals surface area contributed by atoms with Crippen molar-refractivity contribution in [3.05, 3.63) is 46.3 Å². The molecule has 0 aliphatic heterocycles. The third-order valence-electron chi connectivity index (χ3n) is 4.67. The first-order chi connectivity index (χ1) is 11.9. The van der Waals surface area contributed by atoms with E-state index in [0.29, 0.717) is 12.3 Å². The molecule has 2 rings (SSSR count). The third kappa shape index (κ3) is 4.50. The van der Waals surface area contributed by atoms with Crippen molar-refractivity contribution >= 4 is 11.6 Å². The molecule has 1 heterocycles. The molecule has 0 radical (unpaired) electrons. The van der Waals surface area contributed by atoms with E-state index in [4.69, 9.17) is 0 Å². The van der Waals surface area contributed by atoms with Crippen molar-refractivity contribution in [3.63, 3.8) is 0 Å². The molecule has 136 valence electrons. The minimum atomic E-state index is 0.0332. The SMILES string of the molecule is CCc1cccc(CC)c1NC(=O)Cc1c(C)nn(CC(C)C)c1C. The van der Waals surface area contributed by atoms with Crippen molar-refractivity contribution in [2.24, 2.45) is 5.92 Å². The number of aryl methyl sites for hydroxylation is 3. The quantitative estimate of drug-likeness (QED) is 0.808. The fraction of sp³-hybridized carbons (Fsp3) is 0.524. The third-order valence-corrected chi connectivity index (χ3v) is 4.67. The first kappa shape index (κ1) is 19.2. The van der Waals surface area contributed by atoms with E-state index < -0.39 is 0 Å². The second-order valence-corrected chi connectivity index (χ2v) is 7.11. The minimum Gasteiger partial charge on any atom is -0.325 e. The van der Waals surface area contributed by atoms with Gasteiger partial charge in [-0.2, -0.15) is 5.10 Å². The Bertz CT molecular complexity index is 722. The molecular formula is C21H31N3O. The Balaban J connectivity index is 2.21. The lowest BCUT2D eigenvalue weighted by molar-refractivity contribution is -0.115. The summed E-state index contributed by atoms with van der Waals surface area (Å²) in [6, 6.07) is 6.25. The summed E-state index contributed by atoms with van der Waals surface area (Å²) in [4.78, 5) is 12.7.